The Morgan fingerprint density at radius 1 is 1.53 bits per heavy atom. The monoisotopic (exact) mass is 233 g/mol. The van der Waals surface area contributed by atoms with Gasteiger partial charge in [0.1, 0.15) is 6.04 Å². The van der Waals surface area contributed by atoms with Crippen LogP contribution in [-0.4, -0.2) is 46.3 Å². The van der Waals surface area contributed by atoms with Gasteiger partial charge in [-0.2, -0.15) is 0 Å². The molecule has 1 rings (SSSR count). The number of aliphatic carboxylic acids is 1. The summed E-state index contributed by atoms with van der Waals surface area (Å²) in [6, 6.07) is -0.769. The number of hydrogen-bond acceptors (Lipinski definition) is 4. The maximum absolute atomic E-state index is 11.5. The summed E-state index contributed by atoms with van der Waals surface area (Å²) in [5, 5.41) is 8.85. The molecule has 0 aromatic heterocycles. The number of rotatable bonds is 2. The zero-order valence-electron chi connectivity index (χ0n) is 8.97. The number of thioether (sulfide) groups is 1. The van der Waals surface area contributed by atoms with Gasteiger partial charge in [-0.25, -0.2) is 9.59 Å². The second kappa shape index (κ2) is 4.74. The smallest absolute Gasteiger partial charge is 0.411 e. The number of methoxy groups -OCH3 is 1. The maximum Gasteiger partial charge on any atom is 0.411 e. The average molecular weight is 233 g/mol. The molecule has 5 nitrogen and oxygen atoms in total. The number of carboxylic acids is 1. The molecule has 1 aliphatic rings. The Labute approximate surface area is 92.8 Å². The molecule has 1 N–H and O–H groups in total. The van der Waals surface area contributed by atoms with Crippen LogP contribution in [0.15, 0.2) is 0 Å². The highest BCUT2D eigenvalue weighted by atomic mass is 32.2. The summed E-state index contributed by atoms with van der Waals surface area (Å²) in [7, 11) is 1.27. The minimum atomic E-state index is -0.976. The number of amides is 1. The van der Waals surface area contributed by atoms with Crippen LogP contribution in [0.25, 0.3) is 0 Å². The molecule has 2 atom stereocenters. The molecule has 1 saturated heterocycles. The van der Waals surface area contributed by atoms with Crippen molar-refractivity contribution in [3.05, 3.63) is 0 Å². The van der Waals surface area contributed by atoms with Gasteiger partial charge in [0.25, 0.3) is 0 Å². The van der Waals surface area contributed by atoms with Gasteiger partial charge in [0.05, 0.1) is 12.5 Å². The molecule has 0 aromatic carbocycles. The van der Waals surface area contributed by atoms with Crippen LogP contribution in [0.5, 0.6) is 0 Å². The standard InChI is InChI=1S/C9H15NO4S/c1-5(2)7-10(9(13)14-3)6(4-15-7)8(11)12/h5-7H,4H2,1-3H3,(H,11,12). The first-order valence-electron chi connectivity index (χ1n) is 4.69. The molecule has 0 aliphatic carbocycles. The Morgan fingerprint density at radius 2 is 2.13 bits per heavy atom. The molecule has 1 heterocycles. The van der Waals surface area contributed by atoms with Crippen molar-refractivity contribution in [3.63, 3.8) is 0 Å². The van der Waals surface area contributed by atoms with Crippen LogP contribution in [0.4, 0.5) is 4.79 Å². The summed E-state index contributed by atoms with van der Waals surface area (Å²) >= 11 is 1.48. The van der Waals surface area contributed by atoms with Crippen molar-refractivity contribution < 1.29 is 19.4 Å². The van der Waals surface area contributed by atoms with E-state index in [-0.39, 0.29) is 11.3 Å². The molecular weight excluding hydrogens is 218 g/mol. The number of ether oxygens (including phenoxy) is 1. The predicted molar refractivity (Wildman–Crippen MR) is 56.8 cm³/mol. The van der Waals surface area contributed by atoms with E-state index in [2.05, 4.69) is 4.74 Å². The van der Waals surface area contributed by atoms with E-state index in [1.807, 2.05) is 13.8 Å². The van der Waals surface area contributed by atoms with Crippen LogP contribution >= 0.6 is 11.8 Å². The van der Waals surface area contributed by atoms with Crippen molar-refractivity contribution >= 4 is 23.8 Å². The number of carboxylic acid groups (broad SMARTS) is 1. The molecule has 1 aliphatic heterocycles. The van der Waals surface area contributed by atoms with Gasteiger partial charge in [0.2, 0.25) is 0 Å². The summed E-state index contributed by atoms with van der Waals surface area (Å²) in [6.07, 6.45) is -0.564. The van der Waals surface area contributed by atoms with Gasteiger partial charge in [-0.05, 0) is 5.92 Å². The fraction of sp³-hybridized carbons (Fsp3) is 0.778. The third-order valence-electron chi connectivity index (χ3n) is 2.28. The summed E-state index contributed by atoms with van der Waals surface area (Å²) in [6.45, 7) is 3.91. The van der Waals surface area contributed by atoms with Crippen LogP contribution in [0.1, 0.15) is 13.8 Å². The van der Waals surface area contributed by atoms with Gasteiger partial charge >= 0.3 is 12.1 Å². The van der Waals surface area contributed by atoms with E-state index in [0.717, 1.165) is 0 Å². The van der Waals surface area contributed by atoms with E-state index in [1.165, 1.54) is 23.8 Å². The molecule has 1 amide bonds. The number of hydrogen-bond donors (Lipinski definition) is 1. The van der Waals surface area contributed by atoms with Crippen LogP contribution in [0.2, 0.25) is 0 Å². The predicted octanol–water partition coefficient (Wildman–Crippen LogP) is 1.24. The highest BCUT2D eigenvalue weighted by molar-refractivity contribution is 8.00. The third-order valence-corrected chi connectivity index (χ3v) is 3.90. The van der Waals surface area contributed by atoms with E-state index >= 15 is 0 Å². The number of nitrogens with zero attached hydrogens (tertiary/aromatic N) is 1. The molecule has 0 aromatic rings. The molecular formula is C9H15NO4S. The van der Waals surface area contributed by atoms with E-state index < -0.39 is 18.1 Å². The van der Waals surface area contributed by atoms with E-state index in [0.29, 0.717) is 5.75 Å². The van der Waals surface area contributed by atoms with Gasteiger partial charge in [-0.3, -0.25) is 4.90 Å². The summed E-state index contributed by atoms with van der Waals surface area (Å²) < 4.78 is 4.61. The minimum absolute atomic E-state index is 0.112. The van der Waals surface area contributed by atoms with Crippen molar-refractivity contribution in [1.29, 1.82) is 0 Å². The highest BCUT2D eigenvalue weighted by Gasteiger charge is 2.43. The first-order chi connectivity index (χ1) is 6.99. The van der Waals surface area contributed by atoms with Gasteiger partial charge in [0, 0.05) is 5.75 Å². The second-order valence-corrected chi connectivity index (χ2v) is 4.85. The van der Waals surface area contributed by atoms with Crippen molar-refractivity contribution in [2.24, 2.45) is 5.92 Å². The fourth-order valence-corrected chi connectivity index (χ4v) is 3.03. The third kappa shape index (κ3) is 2.37. The quantitative estimate of drug-likeness (QED) is 0.777. The Balaban J connectivity index is 2.87. The maximum atomic E-state index is 11.5. The average Bonchev–Trinajstić information content (AvgIpc) is 2.60. The van der Waals surface area contributed by atoms with Crippen LogP contribution in [0.3, 0.4) is 0 Å². The van der Waals surface area contributed by atoms with Crippen molar-refractivity contribution in [3.8, 4) is 0 Å². The Kier molecular flexibility index (Phi) is 3.84. The van der Waals surface area contributed by atoms with E-state index in [9.17, 15) is 9.59 Å². The van der Waals surface area contributed by atoms with Gasteiger partial charge in [-0.1, -0.05) is 13.8 Å². The van der Waals surface area contributed by atoms with E-state index in [1.54, 1.807) is 0 Å². The molecule has 2 unspecified atom stereocenters. The fourth-order valence-electron chi connectivity index (χ4n) is 1.57. The zero-order valence-corrected chi connectivity index (χ0v) is 9.78. The molecule has 0 radical (unpaired) electrons. The largest absolute Gasteiger partial charge is 0.480 e. The molecule has 15 heavy (non-hydrogen) atoms. The first-order valence-corrected chi connectivity index (χ1v) is 5.74. The lowest BCUT2D eigenvalue weighted by Gasteiger charge is -2.28. The molecule has 0 saturated carbocycles. The normalized spacial score (nSPS) is 25.7. The van der Waals surface area contributed by atoms with Gasteiger partial charge < -0.3 is 9.84 Å². The Morgan fingerprint density at radius 3 is 2.53 bits per heavy atom. The number of carbonyl (C=O) groups is 2. The van der Waals surface area contributed by atoms with Crippen molar-refractivity contribution in [2.75, 3.05) is 12.9 Å². The highest BCUT2D eigenvalue weighted by Crippen LogP contribution is 2.34. The van der Waals surface area contributed by atoms with Gasteiger partial charge in [-0.15, -0.1) is 11.8 Å². The SMILES string of the molecule is COC(=O)N1C(C(=O)O)CSC1C(C)C. The van der Waals surface area contributed by atoms with Crippen LogP contribution in [0, 0.1) is 5.92 Å². The van der Waals surface area contributed by atoms with Crippen molar-refractivity contribution in [1.82, 2.24) is 4.90 Å². The topological polar surface area (TPSA) is 66.8 Å². The zero-order chi connectivity index (χ0) is 11.6. The molecule has 0 spiro atoms. The second-order valence-electron chi connectivity index (χ2n) is 3.70. The lowest BCUT2D eigenvalue weighted by molar-refractivity contribution is -0.141. The summed E-state index contributed by atoms with van der Waals surface area (Å²) in [4.78, 5) is 23.7. The lowest BCUT2D eigenvalue weighted by Crippen LogP contribution is -2.47. The number of carbonyl (C=O) groups excluding carboxylic acids is 1. The summed E-state index contributed by atoms with van der Waals surface area (Å²) in [5.74, 6) is -0.345. The Bertz CT molecular complexity index is 269. The van der Waals surface area contributed by atoms with Gasteiger partial charge in [0.15, 0.2) is 0 Å². The summed E-state index contributed by atoms with van der Waals surface area (Å²) in [5.41, 5.74) is 0. The first kappa shape index (κ1) is 12.2. The lowest BCUT2D eigenvalue weighted by atomic mass is 10.2. The molecule has 6 heteroatoms. The van der Waals surface area contributed by atoms with Crippen LogP contribution in [-0.2, 0) is 9.53 Å². The van der Waals surface area contributed by atoms with Crippen LogP contribution < -0.4 is 0 Å². The van der Waals surface area contributed by atoms with E-state index in [4.69, 9.17) is 5.11 Å². The molecule has 0 bridgehead atoms. The minimum Gasteiger partial charge on any atom is -0.480 e. The molecule has 1 fully saturated rings. The molecule has 86 valence electrons. The van der Waals surface area contributed by atoms with Crippen molar-refractivity contribution in [2.45, 2.75) is 25.3 Å². The Hall–Kier alpha value is -0.910.